The summed E-state index contributed by atoms with van der Waals surface area (Å²) in [6.07, 6.45) is 1.68. The molecule has 0 radical (unpaired) electrons. The first kappa shape index (κ1) is 20.3. The highest BCUT2D eigenvalue weighted by atomic mass is 35.5. The van der Waals surface area contributed by atoms with E-state index in [-0.39, 0.29) is 18.3 Å². The van der Waals surface area contributed by atoms with E-state index in [9.17, 15) is 13.6 Å². The molecule has 1 aliphatic rings. The van der Waals surface area contributed by atoms with E-state index >= 15 is 0 Å². The summed E-state index contributed by atoms with van der Waals surface area (Å²) in [5, 5.41) is 4.30. The monoisotopic (exact) mass is 386 g/mol. The van der Waals surface area contributed by atoms with Crippen LogP contribution >= 0.6 is 12.4 Å². The third-order valence-electron chi connectivity index (χ3n) is 4.15. The first-order valence-corrected chi connectivity index (χ1v) is 8.08. The van der Waals surface area contributed by atoms with Gasteiger partial charge in [0.2, 0.25) is 5.91 Å². The van der Waals surface area contributed by atoms with Gasteiger partial charge in [-0.2, -0.15) is 5.10 Å². The van der Waals surface area contributed by atoms with Gasteiger partial charge in [-0.1, -0.05) is 0 Å². The van der Waals surface area contributed by atoms with Crippen molar-refractivity contribution in [2.75, 3.05) is 32.9 Å². The van der Waals surface area contributed by atoms with Crippen LogP contribution in [-0.4, -0.2) is 58.4 Å². The second kappa shape index (κ2) is 9.07. The summed E-state index contributed by atoms with van der Waals surface area (Å²) in [6.45, 7) is 5.35. The van der Waals surface area contributed by atoms with Crippen molar-refractivity contribution >= 4 is 18.3 Å². The molecule has 1 aromatic carbocycles. The molecule has 1 saturated heterocycles. The first-order chi connectivity index (χ1) is 12.0. The normalized spacial score (nSPS) is 15.0. The van der Waals surface area contributed by atoms with Crippen LogP contribution in [0.2, 0.25) is 0 Å². The molecule has 2 aromatic rings. The number of rotatable bonds is 5. The van der Waals surface area contributed by atoms with E-state index in [1.807, 2.05) is 4.90 Å². The molecule has 142 valence electrons. The smallest absolute Gasteiger partial charge is 0.219 e. The molecule has 9 heteroatoms. The van der Waals surface area contributed by atoms with Crippen LogP contribution in [-0.2, 0) is 16.1 Å². The first-order valence-electron chi connectivity index (χ1n) is 8.08. The number of benzene rings is 1. The molecule has 0 atom stereocenters. The number of piperazine rings is 1. The average Bonchev–Trinajstić information content (AvgIpc) is 3.07. The number of carbonyl (C=O) groups is 1. The number of ether oxygens (including phenoxy) is 1. The Morgan fingerprint density at radius 3 is 2.54 bits per heavy atom. The molecule has 0 aliphatic carbocycles. The van der Waals surface area contributed by atoms with Crippen molar-refractivity contribution in [2.45, 2.75) is 13.5 Å². The van der Waals surface area contributed by atoms with Gasteiger partial charge in [0.05, 0.1) is 24.7 Å². The van der Waals surface area contributed by atoms with Crippen molar-refractivity contribution in [1.29, 1.82) is 0 Å². The van der Waals surface area contributed by atoms with E-state index in [0.717, 1.165) is 25.2 Å². The highest BCUT2D eigenvalue weighted by Crippen LogP contribution is 2.13. The minimum atomic E-state index is -0.907. The van der Waals surface area contributed by atoms with Crippen molar-refractivity contribution in [3.05, 3.63) is 47.8 Å². The van der Waals surface area contributed by atoms with Crippen LogP contribution in [0.1, 0.15) is 12.6 Å². The molecule has 0 unspecified atom stereocenters. The summed E-state index contributed by atoms with van der Waals surface area (Å²) in [7, 11) is 0. The van der Waals surface area contributed by atoms with E-state index in [1.54, 1.807) is 19.2 Å². The van der Waals surface area contributed by atoms with Crippen molar-refractivity contribution in [3.8, 4) is 5.69 Å². The Labute approximate surface area is 156 Å². The van der Waals surface area contributed by atoms with Crippen molar-refractivity contribution < 1.29 is 18.3 Å². The van der Waals surface area contributed by atoms with Crippen LogP contribution in [0.3, 0.4) is 0 Å². The summed E-state index contributed by atoms with van der Waals surface area (Å²) >= 11 is 0. The van der Waals surface area contributed by atoms with E-state index in [1.165, 1.54) is 10.7 Å². The summed E-state index contributed by atoms with van der Waals surface area (Å²) in [5.74, 6) is -1.69. The number of hydrogen-bond donors (Lipinski definition) is 0. The molecule has 26 heavy (non-hydrogen) atoms. The zero-order valence-electron chi connectivity index (χ0n) is 14.4. The lowest BCUT2D eigenvalue weighted by atomic mass is 10.3. The second-order valence-corrected chi connectivity index (χ2v) is 5.95. The third kappa shape index (κ3) is 5.00. The summed E-state index contributed by atoms with van der Waals surface area (Å²) in [6, 6.07) is 5.41. The summed E-state index contributed by atoms with van der Waals surface area (Å²) in [5.41, 5.74) is 1.15. The maximum Gasteiger partial charge on any atom is 0.219 e. The minimum absolute atomic E-state index is 0. The zero-order chi connectivity index (χ0) is 17.8. The molecule has 1 fully saturated rings. The lowest BCUT2D eigenvalue weighted by Crippen LogP contribution is -2.48. The Kier molecular flexibility index (Phi) is 7.07. The Morgan fingerprint density at radius 1 is 1.15 bits per heavy atom. The summed E-state index contributed by atoms with van der Waals surface area (Å²) in [4.78, 5) is 15.2. The highest BCUT2D eigenvalue weighted by molar-refractivity contribution is 5.85. The Balaban J connectivity index is 0.00000243. The minimum Gasteiger partial charge on any atom is -0.360 e. The van der Waals surface area contributed by atoms with Gasteiger partial charge in [0.1, 0.15) is 0 Å². The molecule has 1 aromatic heterocycles. The third-order valence-corrected chi connectivity index (χ3v) is 4.15. The maximum atomic E-state index is 13.3. The van der Waals surface area contributed by atoms with Crippen LogP contribution in [0.4, 0.5) is 8.78 Å². The number of nitrogens with zero attached hydrogens (tertiary/aromatic N) is 4. The largest absolute Gasteiger partial charge is 0.360 e. The van der Waals surface area contributed by atoms with Crippen molar-refractivity contribution in [1.82, 2.24) is 19.6 Å². The molecule has 0 spiro atoms. The number of halogens is 3. The lowest BCUT2D eigenvalue weighted by molar-refractivity contribution is -0.131. The molecule has 0 bridgehead atoms. The van der Waals surface area contributed by atoms with Gasteiger partial charge in [0.15, 0.2) is 11.6 Å². The number of carbonyl (C=O) groups excluding carboxylic acids is 1. The van der Waals surface area contributed by atoms with Gasteiger partial charge in [0, 0.05) is 45.4 Å². The van der Waals surface area contributed by atoms with Gasteiger partial charge in [0.25, 0.3) is 0 Å². The molecule has 6 nitrogen and oxygen atoms in total. The molecule has 2 heterocycles. The van der Waals surface area contributed by atoms with Gasteiger partial charge in [-0.3, -0.25) is 9.69 Å². The Bertz CT molecular complexity index is 748. The predicted molar refractivity (Wildman–Crippen MR) is 94.2 cm³/mol. The second-order valence-electron chi connectivity index (χ2n) is 5.95. The molecule has 0 saturated carbocycles. The van der Waals surface area contributed by atoms with Crippen molar-refractivity contribution in [3.63, 3.8) is 0 Å². The van der Waals surface area contributed by atoms with Crippen LogP contribution in [0, 0.1) is 11.6 Å². The fourth-order valence-corrected chi connectivity index (χ4v) is 2.68. The van der Waals surface area contributed by atoms with Crippen molar-refractivity contribution in [2.24, 2.45) is 0 Å². The molecule has 3 rings (SSSR count). The molecule has 1 aliphatic heterocycles. The quantitative estimate of drug-likeness (QED) is 0.790. The maximum absolute atomic E-state index is 13.3. The molecule has 1 amide bonds. The number of amides is 1. The van der Waals surface area contributed by atoms with Crippen LogP contribution in [0.15, 0.2) is 30.5 Å². The van der Waals surface area contributed by atoms with Crippen LogP contribution < -0.4 is 0 Å². The van der Waals surface area contributed by atoms with Gasteiger partial charge in [-0.25, -0.2) is 13.5 Å². The fourth-order valence-electron chi connectivity index (χ4n) is 2.68. The average molecular weight is 387 g/mol. The van der Waals surface area contributed by atoms with E-state index < -0.39 is 11.6 Å². The van der Waals surface area contributed by atoms with Gasteiger partial charge in [-0.05, 0) is 18.2 Å². The number of aromatic nitrogens is 2. The zero-order valence-corrected chi connectivity index (χ0v) is 15.2. The molecular weight excluding hydrogens is 366 g/mol. The van der Waals surface area contributed by atoms with Gasteiger partial charge < -0.3 is 9.64 Å². The summed E-state index contributed by atoms with van der Waals surface area (Å²) < 4.78 is 33.4. The van der Waals surface area contributed by atoms with E-state index in [4.69, 9.17) is 4.74 Å². The number of hydrogen-bond acceptors (Lipinski definition) is 4. The highest BCUT2D eigenvalue weighted by Gasteiger charge is 2.18. The molecule has 0 N–H and O–H groups in total. The van der Waals surface area contributed by atoms with Gasteiger partial charge >= 0.3 is 0 Å². The topological polar surface area (TPSA) is 50.6 Å². The Morgan fingerprint density at radius 2 is 1.88 bits per heavy atom. The fraction of sp³-hybridized carbons (Fsp3) is 0.412. The predicted octanol–water partition coefficient (Wildman–Crippen LogP) is 2.21. The van der Waals surface area contributed by atoms with E-state index in [0.29, 0.717) is 37.8 Å². The van der Waals surface area contributed by atoms with Crippen LogP contribution in [0.25, 0.3) is 5.69 Å². The lowest BCUT2D eigenvalue weighted by Gasteiger charge is -2.33. The van der Waals surface area contributed by atoms with Crippen LogP contribution in [0.5, 0.6) is 0 Å². The SMILES string of the molecule is CC(=O)N1CCN(COCc2ccn(-c3ccc(F)c(F)c3)n2)CC1.Cl. The van der Waals surface area contributed by atoms with Gasteiger partial charge in [-0.15, -0.1) is 12.4 Å². The molecular formula is C17H21ClF2N4O2. The van der Waals surface area contributed by atoms with E-state index in [2.05, 4.69) is 10.00 Å². The standard InChI is InChI=1S/C17H20F2N4O2.ClH/c1-13(24)22-8-6-21(7-9-22)12-25-11-14-4-5-23(20-14)15-2-3-16(18)17(19)10-15;/h2-5,10H,6-9,11-12H2,1H3;1H. The Hall–Kier alpha value is -2.03.